The van der Waals surface area contributed by atoms with Gasteiger partial charge in [-0.3, -0.25) is 0 Å². The van der Waals surface area contributed by atoms with Crippen LogP contribution in [0.5, 0.6) is 0 Å². The van der Waals surface area contributed by atoms with Gasteiger partial charge in [-0.2, -0.15) is 0 Å². The van der Waals surface area contributed by atoms with Crippen molar-refractivity contribution in [2.45, 2.75) is 10.8 Å². The molecule has 0 unspecified atom stereocenters. The van der Waals surface area contributed by atoms with Gasteiger partial charge in [0, 0.05) is 6.20 Å². The number of hydrogen-bond acceptors (Lipinski definition) is 5. The van der Waals surface area contributed by atoms with Crippen LogP contribution >= 0.6 is 11.8 Å². The second-order valence-electron chi connectivity index (χ2n) is 2.90. The molecule has 0 amide bonds. The summed E-state index contributed by atoms with van der Waals surface area (Å²) < 4.78 is 5.10. The molecule has 0 atom stereocenters. The first-order valence-electron chi connectivity index (χ1n) is 4.46. The molecular weight excluding hydrogens is 228 g/mol. The van der Waals surface area contributed by atoms with E-state index in [4.69, 9.17) is 9.52 Å². The normalized spacial score (nSPS) is 10.2. The number of rotatable bonds is 4. The lowest BCUT2D eigenvalue weighted by atomic mass is 10.3. The lowest BCUT2D eigenvalue weighted by molar-refractivity contribution is 0.0695. The molecule has 0 aliphatic carbocycles. The number of aromatic nitrogens is 2. The SMILES string of the molecule is O=C(O)c1ccoc1CSc1ccncn1. The lowest BCUT2D eigenvalue weighted by Crippen LogP contribution is -1.97. The zero-order valence-electron chi connectivity index (χ0n) is 8.16. The molecule has 1 N–H and O–H groups in total. The average Bonchev–Trinajstić information content (AvgIpc) is 2.76. The van der Waals surface area contributed by atoms with Crippen LogP contribution in [-0.2, 0) is 5.75 Å². The van der Waals surface area contributed by atoms with Gasteiger partial charge >= 0.3 is 5.97 Å². The monoisotopic (exact) mass is 236 g/mol. The Bertz CT molecular complexity index is 484. The minimum Gasteiger partial charge on any atom is -0.478 e. The van der Waals surface area contributed by atoms with Crippen LogP contribution < -0.4 is 0 Å². The summed E-state index contributed by atoms with van der Waals surface area (Å²) in [5.41, 5.74) is 0.196. The number of nitrogens with zero attached hydrogens (tertiary/aromatic N) is 2. The van der Waals surface area contributed by atoms with E-state index in [1.165, 1.54) is 30.4 Å². The topological polar surface area (TPSA) is 76.2 Å². The van der Waals surface area contributed by atoms with Crippen LogP contribution in [0, 0.1) is 0 Å². The second-order valence-corrected chi connectivity index (χ2v) is 3.89. The van der Waals surface area contributed by atoms with Gasteiger partial charge in [0.25, 0.3) is 0 Å². The summed E-state index contributed by atoms with van der Waals surface area (Å²) in [5.74, 6) is -0.103. The minimum atomic E-state index is -0.980. The van der Waals surface area contributed by atoms with E-state index in [9.17, 15) is 4.79 Å². The molecule has 0 aliphatic heterocycles. The second kappa shape index (κ2) is 4.80. The predicted molar refractivity (Wildman–Crippen MR) is 57.3 cm³/mol. The maximum Gasteiger partial charge on any atom is 0.339 e. The van der Waals surface area contributed by atoms with Crippen molar-refractivity contribution in [2.24, 2.45) is 0 Å². The molecule has 0 bridgehead atoms. The van der Waals surface area contributed by atoms with Crippen molar-refractivity contribution in [1.29, 1.82) is 0 Å². The van der Waals surface area contributed by atoms with E-state index in [1.807, 2.05) is 0 Å². The highest BCUT2D eigenvalue weighted by Gasteiger charge is 2.13. The summed E-state index contributed by atoms with van der Waals surface area (Å²) >= 11 is 1.40. The van der Waals surface area contributed by atoms with Crippen LogP contribution in [0.4, 0.5) is 0 Å². The van der Waals surface area contributed by atoms with Crippen molar-refractivity contribution < 1.29 is 14.3 Å². The van der Waals surface area contributed by atoms with Crippen molar-refractivity contribution in [3.63, 3.8) is 0 Å². The molecule has 0 saturated heterocycles. The van der Waals surface area contributed by atoms with Gasteiger partial charge in [0.2, 0.25) is 0 Å². The summed E-state index contributed by atoms with van der Waals surface area (Å²) in [7, 11) is 0. The predicted octanol–water partition coefficient (Wildman–Crippen LogP) is 2.06. The third-order valence-corrected chi connectivity index (χ3v) is 2.83. The number of carbonyl (C=O) groups is 1. The maximum atomic E-state index is 10.8. The van der Waals surface area contributed by atoms with Gasteiger partial charge in [0.05, 0.1) is 17.0 Å². The van der Waals surface area contributed by atoms with Gasteiger partial charge in [-0.05, 0) is 12.1 Å². The molecule has 2 aromatic heterocycles. The molecule has 6 heteroatoms. The first-order chi connectivity index (χ1) is 7.77. The van der Waals surface area contributed by atoms with Gasteiger partial charge in [0.15, 0.2) is 0 Å². The summed E-state index contributed by atoms with van der Waals surface area (Å²) in [6, 6.07) is 3.20. The van der Waals surface area contributed by atoms with Crippen LogP contribution in [0.15, 0.2) is 40.4 Å². The number of hydrogen-bond donors (Lipinski definition) is 1. The molecule has 16 heavy (non-hydrogen) atoms. The van der Waals surface area contributed by atoms with E-state index >= 15 is 0 Å². The molecule has 0 aromatic carbocycles. The summed E-state index contributed by atoms with van der Waals surface area (Å²) in [4.78, 5) is 18.6. The van der Waals surface area contributed by atoms with Crippen molar-refractivity contribution in [3.8, 4) is 0 Å². The molecular formula is C10H8N2O3S. The Kier molecular flexibility index (Phi) is 3.21. The fourth-order valence-electron chi connectivity index (χ4n) is 1.15. The van der Waals surface area contributed by atoms with E-state index < -0.39 is 5.97 Å². The number of thioether (sulfide) groups is 1. The van der Waals surface area contributed by atoms with Crippen LogP contribution in [0.1, 0.15) is 16.1 Å². The highest BCUT2D eigenvalue weighted by atomic mass is 32.2. The molecule has 2 rings (SSSR count). The van der Waals surface area contributed by atoms with E-state index in [0.29, 0.717) is 11.5 Å². The smallest absolute Gasteiger partial charge is 0.339 e. The molecule has 0 spiro atoms. The lowest BCUT2D eigenvalue weighted by Gasteiger charge is -1.98. The van der Waals surface area contributed by atoms with Crippen molar-refractivity contribution in [3.05, 3.63) is 42.2 Å². The number of carboxylic acids is 1. The first-order valence-corrected chi connectivity index (χ1v) is 5.44. The summed E-state index contributed by atoms with van der Waals surface area (Å²) in [6.45, 7) is 0. The van der Waals surface area contributed by atoms with Gasteiger partial charge < -0.3 is 9.52 Å². The zero-order chi connectivity index (χ0) is 11.4. The maximum absolute atomic E-state index is 10.8. The Hall–Kier alpha value is -1.82. The quantitative estimate of drug-likeness (QED) is 0.646. The third-order valence-electron chi connectivity index (χ3n) is 1.88. The van der Waals surface area contributed by atoms with Crippen LogP contribution in [0.2, 0.25) is 0 Å². The molecule has 82 valence electrons. The van der Waals surface area contributed by atoms with Crippen LogP contribution in [0.3, 0.4) is 0 Å². The Morgan fingerprint density at radius 2 is 2.38 bits per heavy atom. The zero-order valence-corrected chi connectivity index (χ0v) is 8.98. The molecule has 0 saturated carbocycles. The van der Waals surface area contributed by atoms with Crippen molar-refractivity contribution >= 4 is 17.7 Å². The average molecular weight is 236 g/mol. The Morgan fingerprint density at radius 3 is 3.06 bits per heavy atom. The van der Waals surface area contributed by atoms with E-state index in [-0.39, 0.29) is 5.56 Å². The van der Waals surface area contributed by atoms with Crippen molar-refractivity contribution in [1.82, 2.24) is 9.97 Å². The standard InChI is InChI=1S/C10H8N2O3S/c13-10(14)7-2-4-15-8(7)5-16-9-1-3-11-6-12-9/h1-4,6H,5H2,(H,13,14). The van der Waals surface area contributed by atoms with E-state index in [1.54, 1.807) is 12.3 Å². The fourth-order valence-corrected chi connectivity index (χ4v) is 1.93. The van der Waals surface area contributed by atoms with Gasteiger partial charge in [0.1, 0.15) is 17.7 Å². The fraction of sp³-hybridized carbons (Fsp3) is 0.100. The molecule has 2 aromatic rings. The van der Waals surface area contributed by atoms with Crippen LogP contribution in [-0.4, -0.2) is 21.0 Å². The van der Waals surface area contributed by atoms with Gasteiger partial charge in [-0.15, -0.1) is 0 Å². The molecule has 5 nitrogen and oxygen atoms in total. The molecule has 2 heterocycles. The van der Waals surface area contributed by atoms with Gasteiger partial charge in [-0.1, -0.05) is 11.8 Å². The van der Waals surface area contributed by atoms with E-state index in [0.717, 1.165) is 5.03 Å². The third kappa shape index (κ3) is 2.40. The Balaban J connectivity index is 2.05. The van der Waals surface area contributed by atoms with Crippen molar-refractivity contribution in [2.75, 3.05) is 0 Å². The van der Waals surface area contributed by atoms with E-state index in [2.05, 4.69) is 9.97 Å². The largest absolute Gasteiger partial charge is 0.478 e. The number of carboxylic acid groups (broad SMARTS) is 1. The Labute approximate surface area is 95.5 Å². The highest BCUT2D eigenvalue weighted by Crippen LogP contribution is 2.22. The molecule has 0 aliphatic rings. The molecule has 0 fully saturated rings. The Morgan fingerprint density at radius 1 is 1.50 bits per heavy atom. The van der Waals surface area contributed by atoms with Gasteiger partial charge in [-0.25, -0.2) is 14.8 Å². The minimum absolute atomic E-state index is 0.196. The number of furan rings is 1. The summed E-state index contributed by atoms with van der Waals surface area (Å²) in [6.07, 6.45) is 4.46. The summed E-state index contributed by atoms with van der Waals surface area (Å²) in [5, 5.41) is 9.64. The number of aromatic carboxylic acids is 1. The first kappa shape index (κ1) is 10.7. The molecule has 0 radical (unpaired) electrons. The van der Waals surface area contributed by atoms with Crippen LogP contribution in [0.25, 0.3) is 0 Å². The highest BCUT2D eigenvalue weighted by molar-refractivity contribution is 7.98.